The fourth-order valence-corrected chi connectivity index (χ4v) is 3.78. The molecule has 1 N–H and O–H groups in total. The molecule has 1 aliphatic rings. The van der Waals surface area contributed by atoms with Crippen molar-refractivity contribution in [2.75, 3.05) is 13.1 Å². The first-order valence-corrected chi connectivity index (χ1v) is 8.04. The lowest BCUT2D eigenvalue weighted by molar-refractivity contribution is 0.0508. The first-order chi connectivity index (χ1) is 8.62. The van der Waals surface area contributed by atoms with Crippen molar-refractivity contribution < 1.29 is 0 Å². The molecule has 3 heteroatoms. The van der Waals surface area contributed by atoms with E-state index in [0.717, 1.165) is 6.54 Å². The molecular formula is C15H26N2S. The highest BCUT2D eigenvalue weighted by molar-refractivity contribution is 7.10. The van der Waals surface area contributed by atoms with E-state index >= 15 is 0 Å². The van der Waals surface area contributed by atoms with Gasteiger partial charge in [-0.25, -0.2) is 0 Å². The van der Waals surface area contributed by atoms with Crippen LogP contribution in [-0.2, 0) is 0 Å². The van der Waals surface area contributed by atoms with E-state index in [1.807, 2.05) is 11.3 Å². The van der Waals surface area contributed by atoms with E-state index < -0.39 is 0 Å². The lowest BCUT2D eigenvalue weighted by Gasteiger charge is -2.48. The SMILES string of the molecule is CCC1(CC)CN(C(C)c2cccs2)C(C)CN1. The van der Waals surface area contributed by atoms with Gasteiger partial charge in [-0.1, -0.05) is 19.9 Å². The van der Waals surface area contributed by atoms with Crippen LogP contribution in [0.25, 0.3) is 0 Å². The number of hydrogen-bond donors (Lipinski definition) is 1. The summed E-state index contributed by atoms with van der Waals surface area (Å²) in [5, 5.41) is 5.96. The third kappa shape index (κ3) is 2.63. The maximum Gasteiger partial charge on any atom is 0.0417 e. The van der Waals surface area contributed by atoms with Gasteiger partial charge < -0.3 is 5.32 Å². The minimum absolute atomic E-state index is 0.317. The van der Waals surface area contributed by atoms with Crippen molar-refractivity contribution in [2.45, 2.75) is 58.2 Å². The van der Waals surface area contributed by atoms with Gasteiger partial charge in [0.1, 0.15) is 0 Å². The molecule has 0 aliphatic carbocycles. The second kappa shape index (κ2) is 5.72. The Kier molecular flexibility index (Phi) is 4.46. The second-order valence-electron chi connectivity index (χ2n) is 5.58. The van der Waals surface area contributed by atoms with E-state index in [9.17, 15) is 0 Å². The number of hydrogen-bond acceptors (Lipinski definition) is 3. The zero-order valence-electron chi connectivity index (χ0n) is 12.1. The fraction of sp³-hybridized carbons (Fsp3) is 0.733. The largest absolute Gasteiger partial charge is 0.308 e. The van der Waals surface area contributed by atoms with Crippen LogP contribution in [0.4, 0.5) is 0 Å². The standard InChI is InChI=1S/C15H26N2S/c1-5-15(6-2)11-17(12(3)10-16-15)13(4)14-8-7-9-18-14/h7-9,12-13,16H,5-6,10-11H2,1-4H3. The number of rotatable bonds is 4. The molecule has 0 saturated carbocycles. The molecule has 2 atom stereocenters. The van der Waals surface area contributed by atoms with Crippen molar-refractivity contribution in [3.63, 3.8) is 0 Å². The van der Waals surface area contributed by atoms with Crippen molar-refractivity contribution in [1.29, 1.82) is 0 Å². The molecule has 1 saturated heterocycles. The molecular weight excluding hydrogens is 240 g/mol. The fourth-order valence-electron chi connectivity index (χ4n) is 2.98. The van der Waals surface area contributed by atoms with E-state index in [0.29, 0.717) is 17.6 Å². The van der Waals surface area contributed by atoms with Crippen LogP contribution < -0.4 is 5.32 Å². The molecule has 2 heterocycles. The third-order valence-corrected chi connectivity index (χ3v) is 5.67. The van der Waals surface area contributed by atoms with Gasteiger partial charge in [-0.3, -0.25) is 4.90 Å². The van der Waals surface area contributed by atoms with Gasteiger partial charge in [0.25, 0.3) is 0 Å². The molecule has 2 unspecified atom stereocenters. The average molecular weight is 266 g/mol. The Balaban J connectivity index is 2.15. The Morgan fingerprint density at radius 2 is 2.22 bits per heavy atom. The monoisotopic (exact) mass is 266 g/mol. The molecule has 0 spiro atoms. The first kappa shape index (κ1) is 14.0. The van der Waals surface area contributed by atoms with E-state index in [-0.39, 0.29) is 0 Å². The van der Waals surface area contributed by atoms with Crippen LogP contribution in [0.1, 0.15) is 51.5 Å². The van der Waals surface area contributed by atoms with Gasteiger partial charge in [0.05, 0.1) is 0 Å². The summed E-state index contributed by atoms with van der Waals surface area (Å²) in [6.45, 7) is 11.6. The minimum Gasteiger partial charge on any atom is -0.308 e. The lowest BCUT2D eigenvalue weighted by atomic mass is 9.88. The highest BCUT2D eigenvalue weighted by Gasteiger charge is 2.37. The Bertz CT molecular complexity index is 357. The average Bonchev–Trinajstić information content (AvgIpc) is 2.93. The van der Waals surface area contributed by atoms with Crippen molar-refractivity contribution in [3.8, 4) is 0 Å². The van der Waals surface area contributed by atoms with E-state index in [4.69, 9.17) is 0 Å². The summed E-state index contributed by atoms with van der Waals surface area (Å²) in [4.78, 5) is 4.17. The summed E-state index contributed by atoms with van der Waals surface area (Å²) in [7, 11) is 0. The summed E-state index contributed by atoms with van der Waals surface area (Å²) in [5.74, 6) is 0. The molecule has 0 aromatic carbocycles. The molecule has 0 bridgehead atoms. The molecule has 1 aromatic rings. The Labute approximate surface area is 115 Å². The normalized spacial score (nSPS) is 26.1. The van der Waals surface area contributed by atoms with Gasteiger partial charge in [-0.15, -0.1) is 11.3 Å². The van der Waals surface area contributed by atoms with Crippen molar-refractivity contribution in [1.82, 2.24) is 10.2 Å². The lowest BCUT2D eigenvalue weighted by Crippen LogP contribution is -2.63. The van der Waals surface area contributed by atoms with Crippen LogP contribution in [0, 0.1) is 0 Å². The van der Waals surface area contributed by atoms with E-state index in [2.05, 4.69) is 55.4 Å². The predicted molar refractivity (Wildman–Crippen MR) is 80.2 cm³/mol. The zero-order chi connectivity index (χ0) is 13.2. The van der Waals surface area contributed by atoms with Gasteiger partial charge in [-0.05, 0) is 38.1 Å². The van der Waals surface area contributed by atoms with Gasteiger partial charge in [0.2, 0.25) is 0 Å². The number of nitrogens with one attached hydrogen (secondary N) is 1. The second-order valence-corrected chi connectivity index (χ2v) is 6.56. The zero-order valence-corrected chi connectivity index (χ0v) is 12.9. The van der Waals surface area contributed by atoms with Crippen molar-refractivity contribution >= 4 is 11.3 Å². The molecule has 18 heavy (non-hydrogen) atoms. The molecule has 0 amide bonds. The Hall–Kier alpha value is -0.380. The summed E-state index contributed by atoms with van der Waals surface area (Å²) in [6, 6.07) is 5.59. The molecule has 1 aliphatic heterocycles. The molecule has 0 radical (unpaired) electrons. The van der Waals surface area contributed by atoms with Crippen LogP contribution >= 0.6 is 11.3 Å². The summed E-state index contributed by atoms with van der Waals surface area (Å²) >= 11 is 1.88. The molecule has 1 aromatic heterocycles. The van der Waals surface area contributed by atoms with Crippen LogP contribution in [0.2, 0.25) is 0 Å². The van der Waals surface area contributed by atoms with Crippen molar-refractivity contribution in [2.24, 2.45) is 0 Å². The molecule has 102 valence electrons. The summed E-state index contributed by atoms with van der Waals surface area (Å²) in [6.07, 6.45) is 2.42. The molecule has 1 fully saturated rings. The van der Waals surface area contributed by atoms with E-state index in [1.54, 1.807) is 0 Å². The third-order valence-electron chi connectivity index (χ3n) is 4.63. The Morgan fingerprint density at radius 1 is 1.50 bits per heavy atom. The van der Waals surface area contributed by atoms with Gasteiger partial charge in [0, 0.05) is 35.6 Å². The van der Waals surface area contributed by atoms with Crippen LogP contribution in [0.15, 0.2) is 17.5 Å². The number of piperazine rings is 1. The van der Waals surface area contributed by atoms with Gasteiger partial charge in [-0.2, -0.15) is 0 Å². The number of thiophene rings is 1. The highest BCUT2D eigenvalue weighted by Crippen LogP contribution is 2.31. The minimum atomic E-state index is 0.317. The van der Waals surface area contributed by atoms with Crippen LogP contribution in [0.5, 0.6) is 0 Å². The van der Waals surface area contributed by atoms with Crippen LogP contribution in [-0.4, -0.2) is 29.6 Å². The maximum atomic E-state index is 3.77. The summed E-state index contributed by atoms with van der Waals surface area (Å²) in [5.41, 5.74) is 0.317. The first-order valence-electron chi connectivity index (χ1n) is 7.16. The predicted octanol–water partition coefficient (Wildman–Crippen LogP) is 3.66. The van der Waals surface area contributed by atoms with Gasteiger partial charge in [0.15, 0.2) is 0 Å². The topological polar surface area (TPSA) is 15.3 Å². The molecule has 2 nitrogen and oxygen atoms in total. The smallest absolute Gasteiger partial charge is 0.0417 e. The molecule has 2 rings (SSSR count). The number of nitrogens with zero attached hydrogens (tertiary/aromatic N) is 1. The van der Waals surface area contributed by atoms with E-state index in [1.165, 1.54) is 24.3 Å². The highest BCUT2D eigenvalue weighted by atomic mass is 32.1. The van der Waals surface area contributed by atoms with Crippen LogP contribution in [0.3, 0.4) is 0 Å². The Morgan fingerprint density at radius 3 is 2.78 bits per heavy atom. The maximum absolute atomic E-state index is 3.77. The van der Waals surface area contributed by atoms with Gasteiger partial charge >= 0.3 is 0 Å². The van der Waals surface area contributed by atoms with Crippen molar-refractivity contribution in [3.05, 3.63) is 22.4 Å². The quantitative estimate of drug-likeness (QED) is 0.894. The summed E-state index contributed by atoms with van der Waals surface area (Å²) < 4.78 is 0.